The first-order chi connectivity index (χ1) is 34.8. The molecule has 0 spiro atoms. The van der Waals surface area contributed by atoms with Crippen molar-refractivity contribution in [1.82, 2.24) is 39.4 Å². The Balaban J connectivity index is 0.803. The number of phenolic OH excluding ortho intramolecular Hbond substituents is 2. The molecule has 0 aliphatic carbocycles. The number of hydrogen-bond donors (Lipinski definition) is 3. The summed E-state index contributed by atoms with van der Waals surface area (Å²) in [6.45, 7) is 9.45. The minimum absolute atomic E-state index is 0.0201. The average Bonchev–Trinajstić information content (AvgIpc) is 3.98. The van der Waals surface area contributed by atoms with E-state index in [2.05, 4.69) is 15.5 Å². The van der Waals surface area contributed by atoms with Crippen LogP contribution in [0.3, 0.4) is 0 Å². The van der Waals surface area contributed by atoms with Gasteiger partial charge >= 0.3 is 12.1 Å². The Kier molecular flexibility index (Phi) is 12.9. The number of aromatic nitrogens is 5. The molecule has 0 radical (unpaired) electrons. The number of carbonyl (C=O) groups is 4. The standard InChI is InChI=1S/C53H56N8O11/c1-6-33-35-22-32(15-16-40(35)55-45-38(33)26-60-42(45)24-36-39(50(60)65)27-70-52(67)46(36)69-5)72-53(68)59-19-9-8-10-41(59)51(66)58-20-17-31(18-21-58)71-30-13-11-29(12-14-30)61-47(56-57-48(61)49(64)54-7-2)37-23-34(28(3)4)43(62)25-44(37)63/h11-16,22-25,28,31,41,46,62-63H,6-10,17-21,26-27H2,1-5H3,(H,54,64)/t41?,46-/m0/s1. The van der Waals surface area contributed by atoms with E-state index in [1.165, 1.54) is 13.2 Å². The highest BCUT2D eigenvalue weighted by atomic mass is 16.6. The maximum atomic E-state index is 14.2. The molecule has 2 saturated heterocycles. The van der Waals surface area contributed by atoms with Crippen molar-refractivity contribution >= 4 is 34.8 Å². The van der Waals surface area contributed by atoms with Crippen LogP contribution in [-0.4, -0.2) is 114 Å². The van der Waals surface area contributed by atoms with E-state index in [1.807, 2.05) is 20.8 Å². The van der Waals surface area contributed by atoms with E-state index < -0.39 is 30.1 Å². The van der Waals surface area contributed by atoms with Crippen LogP contribution in [0.15, 0.2) is 65.5 Å². The predicted molar refractivity (Wildman–Crippen MR) is 262 cm³/mol. The number of hydrogen-bond acceptors (Lipinski definition) is 14. The number of likely N-dealkylation sites (tertiary alicyclic amines) is 2. The monoisotopic (exact) mass is 980 g/mol. The number of methoxy groups -OCH3 is 1. The van der Waals surface area contributed by atoms with E-state index >= 15 is 0 Å². The Bertz CT molecular complexity index is 3210. The van der Waals surface area contributed by atoms with Gasteiger partial charge < -0.3 is 43.9 Å². The molecule has 2 fully saturated rings. The van der Waals surface area contributed by atoms with Gasteiger partial charge in [0, 0.05) is 74.4 Å². The first-order valence-corrected chi connectivity index (χ1v) is 24.5. The Labute approximate surface area is 414 Å². The number of nitrogens with one attached hydrogen (secondary N) is 1. The molecule has 1 unspecified atom stereocenters. The summed E-state index contributed by atoms with van der Waals surface area (Å²) < 4.78 is 26.3. The molecule has 0 saturated carbocycles. The van der Waals surface area contributed by atoms with Crippen molar-refractivity contribution in [2.24, 2.45) is 0 Å². The van der Waals surface area contributed by atoms with Crippen LogP contribution in [0.5, 0.6) is 23.0 Å². The molecule has 0 bridgehead atoms. The van der Waals surface area contributed by atoms with Crippen LogP contribution in [0.2, 0.25) is 0 Å². The van der Waals surface area contributed by atoms with Crippen molar-refractivity contribution in [3.8, 4) is 51.5 Å². The first kappa shape index (κ1) is 47.9. The molecule has 19 heteroatoms. The van der Waals surface area contributed by atoms with Crippen molar-refractivity contribution in [3.63, 3.8) is 0 Å². The van der Waals surface area contributed by atoms with E-state index in [4.69, 9.17) is 23.9 Å². The number of aryl methyl sites for hydroxylation is 1. The topological polar surface area (TPSA) is 230 Å². The molecule has 3 N–H and O–H groups in total. The fraction of sp³-hybridized carbons (Fsp3) is 0.396. The molecule has 72 heavy (non-hydrogen) atoms. The highest BCUT2D eigenvalue weighted by Gasteiger charge is 2.39. The quantitative estimate of drug-likeness (QED) is 0.115. The fourth-order valence-electron chi connectivity index (χ4n) is 10.5. The molecular formula is C53H56N8O11. The highest BCUT2D eigenvalue weighted by molar-refractivity contribution is 5.93. The molecular weight excluding hydrogens is 925 g/mol. The van der Waals surface area contributed by atoms with Gasteiger partial charge in [-0.25, -0.2) is 14.6 Å². The van der Waals surface area contributed by atoms with Crippen molar-refractivity contribution in [1.29, 1.82) is 0 Å². The summed E-state index contributed by atoms with van der Waals surface area (Å²) in [4.78, 5) is 75.9. The molecule has 2 atom stereocenters. The van der Waals surface area contributed by atoms with Gasteiger partial charge in [0.25, 0.3) is 11.5 Å². The Morgan fingerprint density at radius 2 is 1.65 bits per heavy atom. The van der Waals surface area contributed by atoms with Crippen molar-refractivity contribution < 1.29 is 48.3 Å². The third kappa shape index (κ3) is 8.54. The van der Waals surface area contributed by atoms with Crippen molar-refractivity contribution in [2.45, 2.75) is 104 Å². The number of amides is 3. The predicted octanol–water partition coefficient (Wildman–Crippen LogP) is 6.69. The van der Waals surface area contributed by atoms with E-state index in [0.29, 0.717) is 108 Å². The molecule has 374 valence electrons. The van der Waals surface area contributed by atoms with E-state index in [-0.39, 0.29) is 59.8 Å². The van der Waals surface area contributed by atoms with Gasteiger partial charge in [0.15, 0.2) is 11.9 Å². The van der Waals surface area contributed by atoms with E-state index in [0.717, 1.165) is 29.4 Å². The number of fused-ring (bicyclic) bond motifs is 5. The largest absolute Gasteiger partial charge is 0.508 e. The summed E-state index contributed by atoms with van der Waals surface area (Å²) in [5.41, 5.74) is 5.82. The smallest absolute Gasteiger partial charge is 0.415 e. The number of carbonyl (C=O) groups excluding carboxylic acids is 4. The van der Waals surface area contributed by atoms with Crippen LogP contribution in [0.25, 0.3) is 39.4 Å². The summed E-state index contributed by atoms with van der Waals surface area (Å²) in [5, 5.41) is 33.5. The van der Waals surface area contributed by atoms with Gasteiger partial charge in [0.05, 0.1) is 34.6 Å². The maximum Gasteiger partial charge on any atom is 0.415 e. The van der Waals surface area contributed by atoms with Gasteiger partial charge in [-0.15, -0.1) is 10.2 Å². The molecule has 3 amide bonds. The van der Waals surface area contributed by atoms with Gasteiger partial charge in [-0.05, 0) is 104 Å². The lowest BCUT2D eigenvalue weighted by molar-refractivity contribution is -0.159. The summed E-state index contributed by atoms with van der Waals surface area (Å²) in [6.07, 6.45) is 2.00. The van der Waals surface area contributed by atoms with Crippen molar-refractivity contribution in [3.05, 3.63) is 105 Å². The highest BCUT2D eigenvalue weighted by Crippen LogP contribution is 2.41. The lowest BCUT2D eigenvalue weighted by Gasteiger charge is -2.39. The van der Waals surface area contributed by atoms with Crippen LogP contribution >= 0.6 is 0 Å². The van der Waals surface area contributed by atoms with Gasteiger partial charge in [-0.2, -0.15) is 0 Å². The number of ether oxygens (including phenoxy) is 4. The zero-order chi connectivity index (χ0) is 50.5. The normalized spacial score (nSPS) is 17.6. The second kappa shape index (κ2) is 19.4. The van der Waals surface area contributed by atoms with Gasteiger partial charge in [0.1, 0.15) is 41.8 Å². The molecule has 19 nitrogen and oxygen atoms in total. The van der Waals surface area contributed by atoms with Gasteiger partial charge in [-0.3, -0.25) is 23.9 Å². The van der Waals surface area contributed by atoms with Crippen LogP contribution in [0.1, 0.15) is 110 Å². The summed E-state index contributed by atoms with van der Waals surface area (Å²) >= 11 is 0. The third-order valence-corrected chi connectivity index (χ3v) is 14.2. The lowest BCUT2D eigenvalue weighted by atomic mass is 9.97. The Hall–Kier alpha value is -7.80. The number of benzene rings is 3. The van der Waals surface area contributed by atoms with Crippen molar-refractivity contribution in [2.75, 3.05) is 33.3 Å². The summed E-state index contributed by atoms with van der Waals surface area (Å²) in [7, 11) is 1.41. The zero-order valence-electron chi connectivity index (χ0n) is 40.8. The summed E-state index contributed by atoms with van der Waals surface area (Å²) in [5.74, 6) is -0.296. The molecule has 4 aliphatic heterocycles. The number of rotatable bonds is 11. The Morgan fingerprint density at radius 3 is 2.38 bits per heavy atom. The number of pyridine rings is 2. The minimum atomic E-state index is -1.00. The van der Waals surface area contributed by atoms with E-state index in [1.54, 1.807) is 80.5 Å². The first-order valence-electron chi connectivity index (χ1n) is 24.5. The SMILES string of the molecule is CCNC(=O)c1nnc(-c2cc(C(C)C)c(O)cc2O)n1-c1ccc(OC2CCN(C(=O)C3CCCCN3C(=O)Oc3ccc4nc5c(c(CC)c4c3)Cn3c-5cc4c(c3=O)COC(=O)[C@H]4OC)CC2)cc1. The van der Waals surface area contributed by atoms with Crippen LogP contribution in [0.4, 0.5) is 4.79 Å². The molecule has 10 rings (SSSR count). The average molecular weight is 981 g/mol. The fourth-order valence-corrected chi connectivity index (χ4v) is 10.5. The van der Waals surface area contributed by atoms with Crippen LogP contribution < -0.4 is 20.3 Å². The zero-order valence-corrected chi connectivity index (χ0v) is 40.8. The lowest BCUT2D eigenvalue weighted by Crippen LogP contribution is -2.55. The number of esters is 1. The van der Waals surface area contributed by atoms with Crippen LogP contribution in [-0.2, 0) is 38.6 Å². The van der Waals surface area contributed by atoms with E-state index in [9.17, 15) is 34.2 Å². The number of piperidine rings is 2. The maximum absolute atomic E-state index is 14.2. The number of phenols is 2. The molecule has 3 aromatic heterocycles. The van der Waals surface area contributed by atoms with Gasteiger partial charge in [0.2, 0.25) is 11.7 Å². The minimum Gasteiger partial charge on any atom is -0.508 e. The third-order valence-electron chi connectivity index (χ3n) is 14.2. The Morgan fingerprint density at radius 1 is 0.889 bits per heavy atom. The molecule has 7 heterocycles. The van der Waals surface area contributed by atoms with Gasteiger partial charge in [-0.1, -0.05) is 20.8 Å². The molecule has 6 aromatic rings. The van der Waals surface area contributed by atoms with Crippen LogP contribution in [0, 0.1) is 0 Å². The number of cyclic esters (lactones) is 1. The number of aromatic hydroxyl groups is 2. The number of nitrogens with zero attached hydrogens (tertiary/aromatic N) is 7. The second-order valence-electron chi connectivity index (χ2n) is 18.9. The molecule has 3 aromatic carbocycles. The second-order valence-corrected chi connectivity index (χ2v) is 18.9. The molecule has 4 aliphatic rings. The summed E-state index contributed by atoms with van der Waals surface area (Å²) in [6, 6.07) is 16.4.